The van der Waals surface area contributed by atoms with E-state index in [-0.39, 0.29) is 11.9 Å². The number of aromatic nitrogens is 3. The molecular weight excluding hydrogens is 323 g/mol. The lowest BCUT2D eigenvalue weighted by Gasteiger charge is -2.16. The maximum absolute atomic E-state index is 13.6. The van der Waals surface area contributed by atoms with Gasteiger partial charge in [0.1, 0.15) is 5.82 Å². The van der Waals surface area contributed by atoms with Crippen LogP contribution in [0.25, 0.3) is 11.0 Å². The fourth-order valence-corrected chi connectivity index (χ4v) is 2.62. The van der Waals surface area contributed by atoms with Gasteiger partial charge in [-0.2, -0.15) is 0 Å². The molecule has 1 aromatic carbocycles. The maximum Gasteiger partial charge on any atom is 0.201 e. The molecule has 0 saturated heterocycles. The summed E-state index contributed by atoms with van der Waals surface area (Å²) in [6, 6.07) is 6.88. The van der Waals surface area contributed by atoms with Crippen molar-refractivity contribution in [1.82, 2.24) is 14.5 Å². The normalized spacial score (nSPS) is 12.8. The summed E-state index contributed by atoms with van der Waals surface area (Å²) >= 11 is 3.20. The summed E-state index contributed by atoms with van der Waals surface area (Å²) in [6.45, 7) is 2.01. The van der Waals surface area contributed by atoms with Crippen molar-refractivity contribution < 1.29 is 4.39 Å². The highest BCUT2D eigenvalue weighted by molar-refractivity contribution is 9.10. The number of pyridine rings is 1. The van der Waals surface area contributed by atoms with E-state index in [1.165, 1.54) is 6.07 Å². The number of nitrogens with two attached hydrogens (primary N) is 1. The average Bonchev–Trinajstić information content (AvgIpc) is 2.75. The van der Waals surface area contributed by atoms with E-state index in [0.717, 1.165) is 11.1 Å². The van der Waals surface area contributed by atoms with Crippen molar-refractivity contribution in [3.63, 3.8) is 0 Å². The Kier molecular flexibility index (Phi) is 3.17. The lowest BCUT2D eigenvalue weighted by molar-refractivity contribution is 0.622. The molecule has 2 N–H and O–H groups in total. The topological polar surface area (TPSA) is 56.7 Å². The summed E-state index contributed by atoms with van der Waals surface area (Å²) in [7, 11) is 0. The van der Waals surface area contributed by atoms with Gasteiger partial charge in [-0.3, -0.25) is 4.98 Å². The molecule has 0 fully saturated rings. The molecule has 2 heterocycles. The molecule has 0 aliphatic rings. The minimum absolute atomic E-state index is 0.0361. The predicted octanol–water partition coefficient (Wildman–Crippen LogP) is 3.52. The van der Waals surface area contributed by atoms with Crippen LogP contribution < -0.4 is 5.73 Å². The second-order valence-corrected chi connectivity index (χ2v) is 5.41. The number of anilines is 1. The van der Waals surface area contributed by atoms with E-state index in [4.69, 9.17) is 5.73 Å². The van der Waals surface area contributed by atoms with Gasteiger partial charge in [0.25, 0.3) is 0 Å². The number of fused-ring (bicyclic) bond motifs is 1. The fraction of sp³-hybridized carbons (Fsp3) is 0.143. The van der Waals surface area contributed by atoms with Gasteiger partial charge >= 0.3 is 0 Å². The van der Waals surface area contributed by atoms with E-state index < -0.39 is 0 Å². The van der Waals surface area contributed by atoms with E-state index in [9.17, 15) is 4.39 Å². The molecule has 0 bridgehead atoms. The van der Waals surface area contributed by atoms with Crippen LogP contribution in [0, 0.1) is 5.82 Å². The van der Waals surface area contributed by atoms with Gasteiger partial charge in [-0.1, -0.05) is 6.07 Å². The van der Waals surface area contributed by atoms with Crippen molar-refractivity contribution >= 4 is 32.9 Å². The minimum atomic E-state index is -0.351. The van der Waals surface area contributed by atoms with Crippen molar-refractivity contribution in [3.8, 4) is 0 Å². The molecule has 102 valence electrons. The first-order chi connectivity index (χ1) is 9.58. The van der Waals surface area contributed by atoms with Crippen LogP contribution in [-0.4, -0.2) is 14.5 Å². The van der Waals surface area contributed by atoms with Crippen molar-refractivity contribution in [2.75, 3.05) is 5.73 Å². The van der Waals surface area contributed by atoms with Gasteiger partial charge in [0, 0.05) is 18.5 Å². The summed E-state index contributed by atoms with van der Waals surface area (Å²) in [4.78, 5) is 8.33. The SMILES string of the molecule is CC(c1cccnc1)n1c(N)nc2cc(F)c(Br)cc21. The molecule has 1 atom stereocenters. The van der Waals surface area contributed by atoms with Crippen LogP contribution >= 0.6 is 15.9 Å². The number of imidazole rings is 1. The van der Waals surface area contributed by atoms with Crippen LogP contribution in [0.4, 0.5) is 10.3 Å². The molecule has 20 heavy (non-hydrogen) atoms. The van der Waals surface area contributed by atoms with Crippen molar-refractivity contribution in [3.05, 3.63) is 52.5 Å². The Morgan fingerprint density at radius 3 is 2.90 bits per heavy atom. The highest BCUT2D eigenvalue weighted by atomic mass is 79.9. The van der Waals surface area contributed by atoms with Crippen LogP contribution in [0.1, 0.15) is 18.5 Å². The van der Waals surface area contributed by atoms with E-state index in [1.807, 2.05) is 23.6 Å². The van der Waals surface area contributed by atoms with Crippen LogP contribution in [0.3, 0.4) is 0 Å². The van der Waals surface area contributed by atoms with Crippen molar-refractivity contribution in [1.29, 1.82) is 0 Å². The molecule has 0 saturated carbocycles. The Bertz CT molecular complexity index is 770. The molecule has 0 aliphatic carbocycles. The minimum Gasteiger partial charge on any atom is -0.369 e. The third-order valence-electron chi connectivity index (χ3n) is 3.31. The summed E-state index contributed by atoms with van der Waals surface area (Å²) in [5, 5.41) is 0. The van der Waals surface area contributed by atoms with Gasteiger partial charge in [-0.25, -0.2) is 9.37 Å². The monoisotopic (exact) mass is 334 g/mol. The van der Waals surface area contributed by atoms with Crippen LogP contribution in [0.15, 0.2) is 41.1 Å². The zero-order chi connectivity index (χ0) is 14.3. The molecule has 1 unspecified atom stereocenters. The van der Waals surface area contributed by atoms with Gasteiger partial charge in [-0.05, 0) is 40.5 Å². The molecule has 0 radical (unpaired) electrons. The molecule has 2 aromatic heterocycles. The zero-order valence-corrected chi connectivity index (χ0v) is 12.3. The highest BCUT2D eigenvalue weighted by Crippen LogP contribution is 2.30. The number of hydrogen-bond acceptors (Lipinski definition) is 3. The van der Waals surface area contributed by atoms with E-state index in [2.05, 4.69) is 25.9 Å². The lowest BCUT2D eigenvalue weighted by atomic mass is 10.1. The predicted molar refractivity (Wildman–Crippen MR) is 79.9 cm³/mol. The summed E-state index contributed by atoms with van der Waals surface area (Å²) in [5.74, 6) is 0.00466. The molecule has 3 aromatic rings. The lowest BCUT2D eigenvalue weighted by Crippen LogP contribution is -2.10. The van der Waals surface area contributed by atoms with E-state index in [1.54, 1.807) is 18.5 Å². The molecule has 0 spiro atoms. The number of nitrogens with zero attached hydrogens (tertiary/aromatic N) is 3. The Morgan fingerprint density at radius 2 is 2.20 bits per heavy atom. The van der Waals surface area contributed by atoms with E-state index in [0.29, 0.717) is 15.9 Å². The van der Waals surface area contributed by atoms with Crippen LogP contribution in [-0.2, 0) is 0 Å². The Hall–Kier alpha value is -1.95. The molecule has 0 aliphatic heterocycles. The number of hydrogen-bond donors (Lipinski definition) is 1. The van der Waals surface area contributed by atoms with Gasteiger partial charge < -0.3 is 10.3 Å². The van der Waals surface area contributed by atoms with Gasteiger partial charge in [0.15, 0.2) is 0 Å². The Morgan fingerprint density at radius 1 is 1.40 bits per heavy atom. The summed E-state index contributed by atoms with van der Waals surface area (Å²) in [6.07, 6.45) is 3.51. The molecule has 4 nitrogen and oxygen atoms in total. The number of benzene rings is 1. The van der Waals surface area contributed by atoms with Crippen molar-refractivity contribution in [2.45, 2.75) is 13.0 Å². The number of halogens is 2. The molecule has 6 heteroatoms. The second-order valence-electron chi connectivity index (χ2n) is 4.56. The zero-order valence-electron chi connectivity index (χ0n) is 10.7. The first-order valence-electron chi connectivity index (χ1n) is 6.10. The van der Waals surface area contributed by atoms with Crippen LogP contribution in [0.2, 0.25) is 0 Å². The maximum atomic E-state index is 13.6. The first-order valence-corrected chi connectivity index (χ1v) is 6.89. The number of rotatable bonds is 2. The second kappa shape index (κ2) is 4.86. The Labute approximate surface area is 123 Å². The Balaban J connectivity index is 2.21. The number of nitrogen functional groups attached to an aromatic ring is 1. The van der Waals surface area contributed by atoms with Crippen molar-refractivity contribution in [2.24, 2.45) is 0 Å². The third-order valence-corrected chi connectivity index (χ3v) is 3.92. The van der Waals surface area contributed by atoms with Gasteiger partial charge in [0.05, 0.1) is 21.5 Å². The van der Waals surface area contributed by atoms with Crippen LogP contribution in [0.5, 0.6) is 0 Å². The molecular formula is C14H12BrFN4. The first kappa shape index (κ1) is 13.1. The smallest absolute Gasteiger partial charge is 0.201 e. The third kappa shape index (κ3) is 2.06. The summed E-state index contributed by atoms with van der Waals surface area (Å²) in [5.41, 5.74) is 8.32. The largest absolute Gasteiger partial charge is 0.369 e. The fourth-order valence-electron chi connectivity index (χ4n) is 2.29. The van der Waals surface area contributed by atoms with Gasteiger partial charge in [0.2, 0.25) is 5.95 Å². The van der Waals surface area contributed by atoms with Gasteiger partial charge in [-0.15, -0.1) is 0 Å². The molecule has 3 rings (SSSR count). The van der Waals surface area contributed by atoms with E-state index >= 15 is 0 Å². The quantitative estimate of drug-likeness (QED) is 0.779. The summed E-state index contributed by atoms with van der Waals surface area (Å²) < 4.78 is 15.8. The molecule has 0 amide bonds. The standard InChI is InChI=1S/C14H12BrFN4/c1-8(9-3-2-4-18-7-9)20-13-5-10(15)11(16)6-12(13)19-14(20)17/h2-8H,1H3,(H2,17,19). The average molecular weight is 335 g/mol. The highest BCUT2D eigenvalue weighted by Gasteiger charge is 2.17.